The predicted molar refractivity (Wildman–Crippen MR) is 85.2 cm³/mol. The van der Waals surface area contributed by atoms with E-state index in [1.54, 1.807) is 39.0 Å². The van der Waals surface area contributed by atoms with Gasteiger partial charge in [0.15, 0.2) is 0 Å². The van der Waals surface area contributed by atoms with Crippen molar-refractivity contribution in [1.82, 2.24) is 14.9 Å². The third kappa shape index (κ3) is 4.21. The van der Waals surface area contributed by atoms with Gasteiger partial charge >= 0.3 is 6.09 Å². The van der Waals surface area contributed by atoms with Crippen LogP contribution in [0.5, 0.6) is 0 Å². The van der Waals surface area contributed by atoms with Gasteiger partial charge in [-0.25, -0.2) is 9.78 Å². The van der Waals surface area contributed by atoms with Crippen LogP contribution in [0, 0.1) is 0 Å². The lowest BCUT2D eigenvalue weighted by atomic mass is 10.2. The van der Waals surface area contributed by atoms with Gasteiger partial charge in [-0.3, -0.25) is 9.36 Å². The number of rotatable bonds is 3. The highest BCUT2D eigenvalue weighted by Crippen LogP contribution is 2.13. The topological polar surface area (TPSA) is 73.2 Å². The maximum Gasteiger partial charge on any atom is 0.407 e. The van der Waals surface area contributed by atoms with Gasteiger partial charge < -0.3 is 10.1 Å². The molecule has 118 valence electrons. The molecule has 0 spiro atoms. The van der Waals surface area contributed by atoms with Gasteiger partial charge in [0.25, 0.3) is 5.56 Å². The quantitative estimate of drug-likeness (QED) is 0.942. The first-order chi connectivity index (χ1) is 10.3. The molecular weight excluding hydrogens is 306 g/mol. The van der Waals surface area contributed by atoms with Gasteiger partial charge in [-0.15, -0.1) is 0 Å². The second-order valence-corrected chi connectivity index (χ2v) is 6.27. The normalized spacial score (nSPS) is 11.5. The van der Waals surface area contributed by atoms with Gasteiger partial charge in [-0.1, -0.05) is 11.6 Å². The Hall–Kier alpha value is -2.08. The smallest absolute Gasteiger partial charge is 0.407 e. The number of halogens is 1. The zero-order chi connectivity index (χ0) is 16.3. The lowest BCUT2D eigenvalue weighted by Gasteiger charge is -2.19. The summed E-state index contributed by atoms with van der Waals surface area (Å²) in [5, 5.41) is 3.53. The first-order valence-electron chi connectivity index (χ1n) is 6.88. The molecule has 0 radical (unpaired) electrons. The molecule has 1 amide bonds. The summed E-state index contributed by atoms with van der Waals surface area (Å²) in [6, 6.07) is 4.97. The Morgan fingerprint density at radius 2 is 2.14 bits per heavy atom. The third-order valence-electron chi connectivity index (χ3n) is 2.81. The highest BCUT2D eigenvalue weighted by molar-refractivity contribution is 6.31. The van der Waals surface area contributed by atoms with E-state index in [0.717, 1.165) is 0 Å². The van der Waals surface area contributed by atoms with E-state index in [9.17, 15) is 9.59 Å². The minimum atomic E-state index is -0.553. The molecule has 1 heterocycles. The van der Waals surface area contributed by atoms with E-state index in [1.807, 2.05) is 0 Å². The maximum atomic E-state index is 12.3. The molecule has 0 aliphatic rings. The van der Waals surface area contributed by atoms with Crippen LogP contribution in [-0.4, -0.2) is 27.8 Å². The van der Waals surface area contributed by atoms with E-state index in [-0.39, 0.29) is 12.1 Å². The molecule has 1 aromatic heterocycles. The molecule has 7 heteroatoms. The van der Waals surface area contributed by atoms with Crippen LogP contribution in [0.25, 0.3) is 10.9 Å². The Balaban J connectivity index is 2.05. The Labute approximate surface area is 133 Å². The maximum absolute atomic E-state index is 12.3. The zero-order valence-corrected chi connectivity index (χ0v) is 13.5. The van der Waals surface area contributed by atoms with Crippen LogP contribution in [0.4, 0.5) is 4.79 Å². The van der Waals surface area contributed by atoms with E-state index < -0.39 is 11.7 Å². The summed E-state index contributed by atoms with van der Waals surface area (Å²) in [5.41, 5.74) is -0.161. The number of alkyl carbamates (subject to hydrolysis) is 1. The van der Waals surface area contributed by atoms with Gasteiger partial charge in [0.2, 0.25) is 0 Å². The van der Waals surface area contributed by atoms with Crippen LogP contribution in [0.15, 0.2) is 29.3 Å². The van der Waals surface area contributed by atoms with Crippen molar-refractivity contribution in [3.63, 3.8) is 0 Å². The number of aromatic nitrogens is 2. The van der Waals surface area contributed by atoms with Crippen LogP contribution < -0.4 is 10.9 Å². The number of amides is 1. The SMILES string of the molecule is CC(C)(C)OC(=O)NCCn1cnc2ccc(Cl)cc2c1=O. The minimum Gasteiger partial charge on any atom is -0.444 e. The third-order valence-corrected chi connectivity index (χ3v) is 3.04. The summed E-state index contributed by atoms with van der Waals surface area (Å²) in [6.07, 6.45) is 0.937. The first kappa shape index (κ1) is 16.3. The number of nitrogens with zero attached hydrogens (tertiary/aromatic N) is 2. The van der Waals surface area contributed by atoms with Gasteiger partial charge in [0.05, 0.1) is 17.2 Å². The van der Waals surface area contributed by atoms with Crippen molar-refractivity contribution in [3.8, 4) is 0 Å². The molecule has 2 aromatic rings. The fourth-order valence-electron chi connectivity index (χ4n) is 1.88. The van der Waals surface area contributed by atoms with Crippen molar-refractivity contribution >= 4 is 28.6 Å². The first-order valence-corrected chi connectivity index (χ1v) is 7.25. The average Bonchev–Trinajstić information content (AvgIpc) is 2.40. The van der Waals surface area contributed by atoms with Crippen LogP contribution in [0.2, 0.25) is 5.02 Å². The molecule has 0 bridgehead atoms. The van der Waals surface area contributed by atoms with Crippen molar-refractivity contribution in [2.75, 3.05) is 6.54 Å². The van der Waals surface area contributed by atoms with Crippen molar-refractivity contribution < 1.29 is 9.53 Å². The second kappa shape index (κ2) is 6.36. The number of hydrogen-bond acceptors (Lipinski definition) is 4. The number of ether oxygens (including phenoxy) is 1. The van der Waals surface area contributed by atoms with Crippen LogP contribution >= 0.6 is 11.6 Å². The molecule has 0 fully saturated rings. The fourth-order valence-corrected chi connectivity index (χ4v) is 2.06. The molecule has 0 unspecified atom stereocenters. The largest absolute Gasteiger partial charge is 0.444 e. The number of carbonyl (C=O) groups excluding carboxylic acids is 1. The molecule has 1 N–H and O–H groups in total. The Kier molecular flexibility index (Phi) is 4.71. The molecule has 0 saturated carbocycles. The molecule has 0 aliphatic carbocycles. The monoisotopic (exact) mass is 323 g/mol. The summed E-state index contributed by atoms with van der Waals surface area (Å²) in [5.74, 6) is 0. The second-order valence-electron chi connectivity index (χ2n) is 5.83. The van der Waals surface area contributed by atoms with Gasteiger partial charge in [-0.05, 0) is 39.0 Å². The molecule has 0 saturated heterocycles. The van der Waals surface area contributed by atoms with Gasteiger partial charge in [0, 0.05) is 18.1 Å². The summed E-state index contributed by atoms with van der Waals surface area (Å²) in [4.78, 5) is 28.0. The van der Waals surface area contributed by atoms with Crippen molar-refractivity contribution in [2.45, 2.75) is 32.9 Å². The standard InChI is InChI=1S/C15H18ClN3O3/c1-15(2,3)22-14(21)17-6-7-19-9-18-12-5-4-10(16)8-11(12)13(19)20/h4-5,8-9H,6-7H2,1-3H3,(H,17,21). The lowest BCUT2D eigenvalue weighted by molar-refractivity contribution is 0.0526. The number of nitrogens with one attached hydrogen (secondary N) is 1. The lowest BCUT2D eigenvalue weighted by Crippen LogP contribution is -2.35. The summed E-state index contributed by atoms with van der Waals surface area (Å²) >= 11 is 5.90. The zero-order valence-electron chi connectivity index (χ0n) is 12.7. The molecule has 2 rings (SSSR count). The number of carbonyl (C=O) groups is 1. The number of fused-ring (bicyclic) bond motifs is 1. The van der Waals surface area contributed by atoms with E-state index in [0.29, 0.717) is 22.5 Å². The van der Waals surface area contributed by atoms with Gasteiger partial charge in [0.1, 0.15) is 5.60 Å². The summed E-state index contributed by atoms with van der Waals surface area (Å²) in [7, 11) is 0. The Bertz CT molecular complexity index is 750. The minimum absolute atomic E-state index is 0.196. The molecular formula is C15H18ClN3O3. The van der Waals surface area contributed by atoms with E-state index in [2.05, 4.69) is 10.3 Å². The van der Waals surface area contributed by atoms with Crippen molar-refractivity contribution in [2.24, 2.45) is 0 Å². The van der Waals surface area contributed by atoms with Crippen molar-refractivity contribution in [3.05, 3.63) is 39.9 Å². The molecule has 22 heavy (non-hydrogen) atoms. The van der Waals surface area contributed by atoms with Crippen molar-refractivity contribution in [1.29, 1.82) is 0 Å². The molecule has 6 nitrogen and oxygen atoms in total. The number of benzene rings is 1. The summed E-state index contributed by atoms with van der Waals surface area (Å²) < 4.78 is 6.55. The van der Waals surface area contributed by atoms with Crippen LogP contribution in [0.1, 0.15) is 20.8 Å². The van der Waals surface area contributed by atoms with Crippen LogP contribution in [-0.2, 0) is 11.3 Å². The highest BCUT2D eigenvalue weighted by Gasteiger charge is 2.15. The predicted octanol–water partition coefficient (Wildman–Crippen LogP) is 2.57. The average molecular weight is 324 g/mol. The molecule has 0 aliphatic heterocycles. The van der Waals surface area contributed by atoms with E-state index in [4.69, 9.17) is 16.3 Å². The van der Waals surface area contributed by atoms with E-state index >= 15 is 0 Å². The molecule has 1 aromatic carbocycles. The summed E-state index contributed by atoms with van der Waals surface area (Å²) in [6.45, 7) is 5.92. The Morgan fingerprint density at radius 3 is 2.82 bits per heavy atom. The highest BCUT2D eigenvalue weighted by atomic mass is 35.5. The Morgan fingerprint density at radius 1 is 1.41 bits per heavy atom. The van der Waals surface area contributed by atoms with Crippen LogP contribution in [0.3, 0.4) is 0 Å². The number of hydrogen-bond donors (Lipinski definition) is 1. The van der Waals surface area contributed by atoms with E-state index in [1.165, 1.54) is 10.9 Å². The van der Waals surface area contributed by atoms with Gasteiger partial charge in [-0.2, -0.15) is 0 Å². The fraction of sp³-hybridized carbons (Fsp3) is 0.400. The molecule has 0 atom stereocenters.